The van der Waals surface area contributed by atoms with Gasteiger partial charge in [-0.15, -0.1) is 0 Å². The first-order valence-corrected chi connectivity index (χ1v) is 11.4. The number of nitrogens with zero attached hydrogens (tertiary/aromatic N) is 2. The fourth-order valence-corrected chi connectivity index (χ4v) is 4.25. The minimum absolute atomic E-state index is 0.0868. The second-order valence-corrected chi connectivity index (χ2v) is 8.54. The Morgan fingerprint density at radius 2 is 1.59 bits per heavy atom. The minimum Gasteiger partial charge on any atom is -0.350 e. The molecule has 0 bridgehead atoms. The summed E-state index contributed by atoms with van der Waals surface area (Å²) in [5, 5.41) is 3.13. The third kappa shape index (κ3) is 4.53. The Hall–Kier alpha value is -3.32. The van der Waals surface area contributed by atoms with Crippen LogP contribution in [0.2, 0.25) is 10.0 Å². The topological polar surface area (TPSA) is 69.7 Å². The Morgan fingerprint density at radius 1 is 0.912 bits per heavy atom. The molecule has 0 unspecified atom stereocenters. The number of hydrogen-bond acceptors (Lipinski definition) is 4. The molecule has 172 valence electrons. The van der Waals surface area contributed by atoms with E-state index < -0.39 is 11.8 Å². The van der Waals surface area contributed by atoms with Crippen molar-refractivity contribution in [1.82, 2.24) is 0 Å². The molecule has 9 heteroatoms. The molecule has 6 nitrogen and oxygen atoms in total. The van der Waals surface area contributed by atoms with Crippen molar-refractivity contribution in [3.63, 3.8) is 0 Å². The Balaban J connectivity index is 1.53. The van der Waals surface area contributed by atoms with Crippen molar-refractivity contribution in [2.75, 3.05) is 21.7 Å². The molecule has 0 atom stereocenters. The van der Waals surface area contributed by atoms with Gasteiger partial charge in [0.25, 0.3) is 17.7 Å². The Labute approximate surface area is 211 Å². The molecule has 4 rings (SSSR count). The highest BCUT2D eigenvalue weighted by Gasteiger charge is 2.39. The van der Waals surface area contributed by atoms with Crippen LogP contribution in [0, 0.1) is 0 Å². The zero-order valence-electron chi connectivity index (χ0n) is 17.9. The van der Waals surface area contributed by atoms with Gasteiger partial charge in [0, 0.05) is 28.5 Å². The lowest BCUT2D eigenvalue weighted by molar-refractivity contribution is -0.120. The van der Waals surface area contributed by atoms with Gasteiger partial charge in [0.15, 0.2) is 0 Å². The van der Waals surface area contributed by atoms with Crippen molar-refractivity contribution in [3.05, 3.63) is 99.1 Å². The van der Waals surface area contributed by atoms with Crippen molar-refractivity contribution in [2.45, 2.75) is 6.92 Å². The second-order valence-electron chi connectivity index (χ2n) is 7.32. The number of halogens is 3. The molecular formula is C25H18Cl3N3O3. The number of para-hydroxylation sites is 1. The highest BCUT2D eigenvalue weighted by atomic mass is 35.5. The molecule has 0 spiro atoms. The molecule has 1 N–H and O–H groups in total. The smallest absolute Gasteiger partial charge is 0.283 e. The highest BCUT2D eigenvalue weighted by molar-refractivity contribution is 6.54. The van der Waals surface area contributed by atoms with Crippen LogP contribution >= 0.6 is 34.8 Å². The van der Waals surface area contributed by atoms with Crippen LogP contribution in [0.3, 0.4) is 0 Å². The molecule has 0 aromatic heterocycles. The maximum atomic E-state index is 13.0. The van der Waals surface area contributed by atoms with Gasteiger partial charge in [0.05, 0.1) is 10.7 Å². The standard InChI is InChI=1S/C25H18Cl3N3O3/c1-2-30(18-6-4-3-5-7-18)23(32)15-8-11-17(12-9-15)29-22-21(28)24(33)31(25(22)34)20-13-10-16(26)14-19(20)27/h3-14,29H,2H2,1H3. The van der Waals surface area contributed by atoms with E-state index in [0.717, 1.165) is 10.6 Å². The first kappa shape index (κ1) is 23.8. The van der Waals surface area contributed by atoms with Gasteiger partial charge in [-0.05, 0) is 61.5 Å². The van der Waals surface area contributed by atoms with Gasteiger partial charge in [0.1, 0.15) is 10.7 Å². The SMILES string of the molecule is CCN(C(=O)c1ccc(NC2=C(Cl)C(=O)N(c3ccc(Cl)cc3Cl)C2=O)cc1)c1ccccc1. The van der Waals surface area contributed by atoms with Crippen LogP contribution < -0.4 is 15.1 Å². The largest absolute Gasteiger partial charge is 0.350 e. The quantitative estimate of drug-likeness (QED) is 0.404. The average Bonchev–Trinajstić information content (AvgIpc) is 3.04. The van der Waals surface area contributed by atoms with E-state index in [1.807, 2.05) is 37.3 Å². The third-order valence-electron chi connectivity index (χ3n) is 5.21. The molecule has 0 aliphatic carbocycles. The van der Waals surface area contributed by atoms with Crippen molar-refractivity contribution in [2.24, 2.45) is 0 Å². The number of benzene rings is 3. The van der Waals surface area contributed by atoms with E-state index >= 15 is 0 Å². The molecule has 0 saturated carbocycles. The fourth-order valence-electron chi connectivity index (χ4n) is 3.54. The van der Waals surface area contributed by atoms with Crippen molar-refractivity contribution >= 4 is 69.6 Å². The number of rotatable bonds is 6. The summed E-state index contributed by atoms with van der Waals surface area (Å²) < 4.78 is 0. The Morgan fingerprint density at radius 3 is 2.21 bits per heavy atom. The summed E-state index contributed by atoms with van der Waals surface area (Å²) in [7, 11) is 0. The highest BCUT2D eigenvalue weighted by Crippen LogP contribution is 2.35. The van der Waals surface area contributed by atoms with Crippen LogP contribution in [0.25, 0.3) is 0 Å². The van der Waals surface area contributed by atoms with E-state index in [-0.39, 0.29) is 27.3 Å². The van der Waals surface area contributed by atoms with Crippen LogP contribution in [-0.2, 0) is 9.59 Å². The van der Waals surface area contributed by atoms with Crippen LogP contribution in [-0.4, -0.2) is 24.3 Å². The summed E-state index contributed by atoms with van der Waals surface area (Å²) in [6.07, 6.45) is 0. The molecule has 3 amide bonds. The summed E-state index contributed by atoms with van der Waals surface area (Å²) in [6.45, 7) is 2.40. The van der Waals surface area contributed by atoms with Gasteiger partial charge in [-0.3, -0.25) is 14.4 Å². The summed E-state index contributed by atoms with van der Waals surface area (Å²) in [6, 6.07) is 20.3. The number of carbonyl (C=O) groups excluding carboxylic acids is 3. The molecule has 1 aliphatic rings. The molecule has 34 heavy (non-hydrogen) atoms. The molecule has 0 fully saturated rings. The zero-order chi connectivity index (χ0) is 24.4. The van der Waals surface area contributed by atoms with E-state index in [0.29, 0.717) is 22.8 Å². The van der Waals surface area contributed by atoms with E-state index in [1.54, 1.807) is 29.2 Å². The Bertz CT molecular complexity index is 1310. The summed E-state index contributed by atoms with van der Waals surface area (Å²) in [4.78, 5) is 41.2. The number of carbonyl (C=O) groups is 3. The maximum absolute atomic E-state index is 13.0. The molecule has 3 aromatic rings. The van der Waals surface area contributed by atoms with Gasteiger partial charge >= 0.3 is 0 Å². The summed E-state index contributed by atoms with van der Waals surface area (Å²) in [5.74, 6) is -1.51. The van der Waals surface area contributed by atoms with Crippen molar-refractivity contribution < 1.29 is 14.4 Å². The van der Waals surface area contributed by atoms with Gasteiger partial charge in [-0.25, -0.2) is 4.90 Å². The number of hydrogen-bond donors (Lipinski definition) is 1. The predicted octanol–water partition coefficient (Wildman–Crippen LogP) is 6.10. The lowest BCUT2D eigenvalue weighted by Gasteiger charge is -2.21. The Kier molecular flexibility index (Phi) is 6.93. The van der Waals surface area contributed by atoms with Gasteiger partial charge in [-0.2, -0.15) is 0 Å². The predicted molar refractivity (Wildman–Crippen MR) is 136 cm³/mol. The average molecular weight is 515 g/mol. The first-order chi connectivity index (χ1) is 16.3. The van der Waals surface area contributed by atoms with Crippen LogP contribution in [0.15, 0.2) is 83.5 Å². The van der Waals surface area contributed by atoms with Crippen LogP contribution in [0.4, 0.5) is 17.1 Å². The second kappa shape index (κ2) is 9.89. The number of nitrogens with one attached hydrogen (secondary N) is 1. The maximum Gasteiger partial charge on any atom is 0.283 e. The molecule has 0 saturated heterocycles. The van der Waals surface area contributed by atoms with Crippen molar-refractivity contribution in [3.8, 4) is 0 Å². The lowest BCUT2D eigenvalue weighted by atomic mass is 10.1. The molecule has 3 aromatic carbocycles. The molecule has 0 radical (unpaired) electrons. The lowest BCUT2D eigenvalue weighted by Crippen LogP contribution is -2.32. The number of amides is 3. The van der Waals surface area contributed by atoms with E-state index in [2.05, 4.69) is 5.32 Å². The minimum atomic E-state index is -0.702. The summed E-state index contributed by atoms with van der Waals surface area (Å²) in [5.41, 5.74) is 1.84. The van der Waals surface area contributed by atoms with E-state index in [1.165, 1.54) is 18.2 Å². The number of imide groups is 1. The van der Waals surface area contributed by atoms with Gasteiger partial charge in [-0.1, -0.05) is 53.0 Å². The monoisotopic (exact) mass is 513 g/mol. The summed E-state index contributed by atoms with van der Waals surface area (Å²) >= 11 is 18.3. The zero-order valence-corrected chi connectivity index (χ0v) is 20.2. The van der Waals surface area contributed by atoms with Gasteiger partial charge < -0.3 is 10.2 Å². The van der Waals surface area contributed by atoms with Gasteiger partial charge in [0.2, 0.25) is 0 Å². The van der Waals surface area contributed by atoms with Crippen LogP contribution in [0.1, 0.15) is 17.3 Å². The molecule has 1 aliphatic heterocycles. The van der Waals surface area contributed by atoms with E-state index in [9.17, 15) is 14.4 Å². The molecular weight excluding hydrogens is 497 g/mol. The first-order valence-electron chi connectivity index (χ1n) is 10.3. The van der Waals surface area contributed by atoms with E-state index in [4.69, 9.17) is 34.8 Å². The number of anilines is 3. The normalized spacial score (nSPS) is 13.5. The van der Waals surface area contributed by atoms with Crippen molar-refractivity contribution in [1.29, 1.82) is 0 Å². The van der Waals surface area contributed by atoms with Crippen LogP contribution in [0.5, 0.6) is 0 Å². The molecule has 1 heterocycles. The fraction of sp³-hybridized carbons (Fsp3) is 0.0800. The third-order valence-corrected chi connectivity index (χ3v) is 6.10.